The van der Waals surface area contributed by atoms with Crippen molar-refractivity contribution in [2.45, 2.75) is 109 Å². The highest BCUT2D eigenvalue weighted by atomic mass is 16.5. The number of allylic oxidation sites excluding steroid dienone is 1. The Balaban J connectivity index is 1.37. The number of ketones is 1. The molecule has 0 amide bonds. The van der Waals surface area contributed by atoms with E-state index in [9.17, 15) is 14.7 Å². The number of methoxy groups -OCH3 is 1. The smallest absolute Gasteiger partial charge is 0.302 e. The van der Waals surface area contributed by atoms with Gasteiger partial charge in [-0.3, -0.25) is 14.6 Å². The van der Waals surface area contributed by atoms with Gasteiger partial charge in [0.1, 0.15) is 17.7 Å². The van der Waals surface area contributed by atoms with Crippen molar-refractivity contribution in [3.8, 4) is 11.5 Å². The fourth-order valence-electron chi connectivity index (χ4n) is 6.95. The molecule has 8 nitrogen and oxygen atoms in total. The van der Waals surface area contributed by atoms with Crippen LogP contribution in [0.15, 0.2) is 52.7 Å². The molecule has 238 valence electrons. The van der Waals surface area contributed by atoms with Crippen LogP contribution in [-0.4, -0.2) is 47.8 Å². The number of pyridine rings is 1. The summed E-state index contributed by atoms with van der Waals surface area (Å²) in [7, 11) is 1.50. The molecular formula is C36H49N3O5. The van der Waals surface area contributed by atoms with Gasteiger partial charge in [0.15, 0.2) is 11.5 Å². The van der Waals surface area contributed by atoms with Crippen LogP contribution in [0.4, 0.5) is 5.82 Å². The molecule has 1 aromatic carbocycles. The number of Topliss-reactive ketones (excluding diaryl/α,β-unsaturated/α-hetero) is 1. The lowest BCUT2D eigenvalue weighted by Gasteiger charge is -2.39. The summed E-state index contributed by atoms with van der Waals surface area (Å²) in [5.41, 5.74) is 11.2. The maximum atomic E-state index is 12.9. The largest absolute Gasteiger partial charge is 0.504 e. The van der Waals surface area contributed by atoms with Crippen LogP contribution < -0.4 is 10.5 Å². The van der Waals surface area contributed by atoms with Crippen LogP contribution in [0.3, 0.4) is 0 Å². The maximum absolute atomic E-state index is 12.9. The van der Waals surface area contributed by atoms with E-state index in [1.165, 1.54) is 50.0 Å². The summed E-state index contributed by atoms with van der Waals surface area (Å²) < 4.78 is 10.8. The Bertz CT molecular complexity index is 1350. The van der Waals surface area contributed by atoms with Gasteiger partial charge in [-0.05, 0) is 103 Å². The minimum atomic E-state index is -0.434. The van der Waals surface area contributed by atoms with Crippen LogP contribution in [0.5, 0.6) is 11.5 Å². The molecule has 0 radical (unpaired) electrons. The molecule has 1 aliphatic heterocycles. The molecule has 2 atom stereocenters. The number of aliphatic imine (C=N–C) groups is 1. The first-order chi connectivity index (χ1) is 21.2. The minimum Gasteiger partial charge on any atom is -0.504 e. The van der Waals surface area contributed by atoms with Crippen LogP contribution in [0.2, 0.25) is 0 Å². The number of nitrogens with two attached hydrogens (primary N) is 1. The van der Waals surface area contributed by atoms with E-state index in [-0.39, 0.29) is 29.3 Å². The van der Waals surface area contributed by atoms with Gasteiger partial charge in [-0.2, -0.15) is 0 Å². The number of nitrogen functional groups attached to an aromatic ring is 1. The number of benzene rings is 1. The van der Waals surface area contributed by atoms with Crippen molar-refractivity contribution in [2.75, 3.05) is 19.4 Å². The van der Waals surface area contributed by atoms with Gasteiger partial charge in [-0.25, -0.2) is 4.98 Å². The molecule has 1 fully saturated rings. The molecule has 4 rings (SSSR count). The molecule has 1 saturated carbocycles. The van der Waals surface area contributed by atoms with E-state index in [2.05, 4.69) is 30.3 Å². The highest BCUT2D eigenvalue weighted by Gasteiger charge is 2.36. The van der Waals surface area contributed by atoms with Gasteiger partial charge in [-0.15, -0.1) is 0 Å². The topological polar surface area (TPSA) is 124 Å². The van der Waals surface area contributed by atoms with Crippen molar-refractivity contribution >= 4 is 23.8 Å². The Labute approximate surface area is 262 Å². The van der Waals surface area contributed by atoms with Crippen LogP contribution in [0.25, 0.3) is 0 Å². The van der Waals surface area contributed by atoms with Gasteiger partial charge in [0.25, 0.3) is 0 Å². The van der Waals surface area contributed by atoms with Crippen molar-refractivity contribution in [1.82, 2.24) is 4.98 Å². The van der Waals surface area contributed by atoms with Crippen molar-refractivity contribution in [2.24, 2.45) is 10.9 Å². The third-order valence-corrected chi connectivity index (χ3v) is 9.45. The number of aromatic hydroxyl groups is 1. The molecule has 2 heterocycles. The van der Waals surface area contributed by atoms with E-state index >= 15 is 0 Å². The Morgan fingerprint density at radius 1 is 1.11 bits per heavy atom. The predicted octanol–water partition coefficient (Wildman–Crippen LogP) is 7.07. The number of rotatable bonds is 16. The van der Waals surface area contributed by atoms with E-state index < -0.39 is 6.10 Å². The zero-order valence-electron chi connectivity index (χ0n) is 26.6. The number of aromatic nitrogens is 1. The third kappa shape index (κ3) is 9.16. The standard InChI is InChI=1S/C36H49N3O5/c1-4-26(9-12-32(44-25(2)40)21-31(41)11-8-27-10-13-33(42)34(19-27)43-3)18-28-23-38-24-29(28)22-36(15-6-5-7-16-36)30-14-17-39-35(37)20-30/h10,13-14,17,19-20,23,26,32,42H,4-9,11-12,15-16,18,21-22,24H2,1-3H3,(H2,37,39). The van der Waals surface area contributed by atoms with Crippen LogP contribution in [0.1, 0.15) is 102 Å². The van der Waals surface area contributed by atoms with Crippen molar-refractivity contribution in [1.29, 1.82) is 0 Å². The zero-order chi connectivity index (χ0) is 31.5. The van der Waals surface area contributed by atoms with Gasteiger partial charge >= 0.3 is 5.97 Å². The molecule has 0 bridgehead atoms. The second-order valence-electron chi connectivity index (χ2n) is 12.6. The average molecular weight is 604 g/mol. The van der Waals surface area contributed by atoms with E-state index in [1.807, 2.05) is 6.20 Å². The summed E-state index contributed by atoms with van der Waals surface area (Å²) in [5, 5.41) is 9.83. The fourth-order valence-corrected chi connectivity index (χ4v) is 6.95. The highest BCUT2D eigenvalue weighted by molar-refractivity contribution is 5.82. The predicted molar refractivity (Wildman–Crippen MR) is 174 cm³/mol. The highest BCUT2D eigenvalue weighted by Crippen LogP contribution is 2.45. The molecule has 8 heteroatoms. The molecule has 1 aromatic heterocycles. The number of phenolic OH excluding ortho intramolecular Hbond substituents is 1. The molecule has 2 aliphatic rings. The number of phenols is 1. The fraction of sp³-hybridized carbons (Fsp3) is 0.556. The second-order valence-corrected chi connectivity index (χ2v) is 12.6. The van der Waals surface area contributed by atoms with Gasteiger partial charge < -0.3 is 20.3 Å². The third-order valence-electron chi connectivity index (χ3n) is 9.45. The van der Waals surface area contributed by atoms with E-state index in [1.54, 1.807) is 18.2 Å². The van der Waals surface area contributed by atoms with Gasteiger partial charge in [0.05, 0.1) is 13.7 Å². The molecule has 0 saturated heterocycles. The maximum Gasteiger partial charge on any atom is 0.302 e. The second kappa shape index (κ2) is 15.9. The quantitative estimate of drug-likeness (QED) is 0.197. The van der Waals surface area contributed by atoms with Gasteiger partial charge in [0, 0.05) is 32.2 Å². The van der Waals surface area contributed by atoms with Crippen molar-refractivity contribution < 1.29 is 24.2 Å². The number of carbonyl (C=O) groups excluding carboxylic acids is 2. The van der Waals surface area contributed by atoms with Crippen LogP contribution in [-0.2, 0) is 26.2 Å². The first kappa shape index (κ1) is 33.2. The molecule has 1 aliphatic carbocycles. The number of hydrogen-bond donors (Lipinski definition) is 2. The number of aryl methyl sites for hydroxylation is 1. The molecule has 44 heavy (non-hydrogen) atoms. The molecular weight excluding hydrogens is 554 g/mol. The lowest BCUT2D eigenvalue weighted by Crippen LogP contribution is -2.30. The number of ether oxygens (including phenoxy) is 2. The number of carbonyl (C=O) groups is 2. The number of anilines is 1. The van der Waals surface area contributed by atoms with E-state index in [0.29, 0.717) is 36.7 Å². The Morgan fingerprint density at radius 3 is 2.61 bits per heavy atom. The number of nitrogens with zero attached hydrogens (tertiary/aromatic N) is 2. The first-order valence-electron chi connectivity index (χ1n) is 16.2. The van der Waals surface area contributed by atoms with E-state index in [0.717, 1.165) is 50.6 Å². The average Bonchev–Trinajstić information content (AvgIpc) is 3.44. The number of esters is 1. The first-order valence-corrected chi connectivity index (χ1v) is 16.2. The lowest BCUT2D eigenvalue weighted by molar-refractivity contribution is -0.148. The zero-order valence-corrected chi connectivity index (χ0v) is 26.6. The SMILES string of the molecule is CCC(CCC(CC(=O)CCc1ccc(O)c(OC)c1)OC(C)=O)CC1=C(CC2(c3ccnc(N)c3)CCCCC2)CN=C1. The van der Waals surface area contributed by atoms with Gasteiger partial charge in [-0.1, -0.05) is 38.7 Å². The molecule has 2 unspecified atom stereocenters. The number of hydrogen-bond acceptors (Lipinski definition) is 8. The molecule has 3 N–H and O–H groups in total. The summed E-state index contributed by atoms with van der Waals surface area (Å²) in [6.45, 7) is 4.37. The van der Waals surface area contributed by atoms with Gasteiger partial charge in [0.2, 0.25) is 0 Å². The van der Waals surface area contributed by atoms with Crippen LogP contribution in [0, 0.1) is 5.92 Å². The van der Waals surface area contributed by atoms with Crippen molar-refractivity contribution in [3.63, 3.8) is 0 Å². The van der Waals surface area contributed by atoms with Crippen molar-refractivity contribution in [3.05, 3.63) is 58.8 Å². The lowest BCUT2D eigenvalue weighted by atomic mass is 9.66. The summed E-state index contributed by atoms with van der Waals surface area (Å²) in [6.07, 6.45) is 15.0. The molecule has 0 spiro atoms. The summed E-state index contributed by atoms with van der Waals surface area (Å²) >= 11 is 0. The normalized spacial score (nSPS) is 17.3. The summed E-state index contributed by atoms with van der Waals surface area (Å²) in [4.78, 5) is 33.8. The Kier molecular flexibility index (Phi) is 12.0. The minimum absolute atomic E-state index is 0.0544. The van der Waals surface area contributed by atoms with Crippen LogP contribution >= 0.6 is 0 Å². The Hall–Kier alpha value is -3.68. The monoisotopic (exact) mass is 603 g/mol. The van der Waals surface area contributed by atoms with E-state index in [4.69, 9.17) is 20.2 Å². The Morgan fingerprint density at radius 2 is 1.91 bits per heavy atom. The summed E-state index contributed by atoms with van der Waals surface area (Å²) in [6, 6.07) is 9.32. The summed E-state index contributed by atoms with van der Waals surface area (Å²) in [5.74, 6) is 1.14. The molecule has 2 aromatic rings.